The summed E-state index contributed by atoms with van der Waals surface area (Å²) in [6, 6.07) is 0. The smallest absolute Gasteiger partial charge is 0.303 e. The highest BCUT2D eigenvalue weighted by molar-refractivity contribution is 5.69. The Hall–Kier alpha value is -2.89. The molecule has 16 heteroatoms. The number of unbranched alkanes of at least 4 members (excludes halogenated alkanes) is 27. The number of carbonyl (C=O) groups excluding carboxylic acids is 5. The molecule has 16 nitrogen and oxygen atoms in total. The van der Waals surface area contributed by atoms with Crippen molar-refractivity contribution in [2.45, 2.75) is 349 Å². The van der Waals surface area contributed by atoms with E-state index in [0.717, 1.165) is 39.0 Å². The van der Waals surface area contributed by atoms with Crippen molar-refractivity contribution >= 4 is 29.8 Å². The molecule has 0 saturated carbocycles. The third-order valence-corrected chi connectivity index (χ3v) is 16.1. The van der Waals surface area contributed by atoms with Crippen molar-refractivity contribution in [2.75, 3.05) is 45.9 Å². The summed E-state index contributed by atoms with van der Waals surface area (Å²) >= 11 is 0. The number of hydrogen-bond acceptors (Lipinski definition) is 16. The summed E-state index contributed by atoms with van der Waals surface area (Å²) in [5.41, 5.74) is 0. The van der Waals surface area contributed by atoms with Crippen LogP contribution in [0.15, 0.2) is 0 Å². The third kappa shape index (κ3) is 34.3. The summed E-state index contributed by atoms with van der Waals surface area (Å²) < 4.78 is 54.9. The predicted octanol–water partition coefficient (Wildman–Crippen LogP) is 14.5. The molecule has 0 aliphatic carbocycles. The number of rotatable bonds is 51. The van der Waals surface area contributed by atoms with E-state index in [9.17, 15) is 24.0 Å². The van der Waals surface area contributed by atoms with Gasteiger partial charge in [0.25, 0.3) is 0 Å². The highest BCUT2D eigenvalue weighted by Gasteiger charge is 2.56. The lowest BCUT2D eigenvalue weighted by atomic mass is 9.94. The van der Waals surface area contributed by atoms with Crippen LogP contribution in [0.1, 0.15) is 288 Å². The van der Waals surface area contributed by atoms with Crippen LogP contribution < -0.4 is 0 Å². The minimum Gasteiger partial charge on any atom is -0.456 e. The Morgan fingerprint density at radius 2 is 0.573 bits per heavy atom. The fourth-order valence-electron chi connectivity index (χ4n) is 11.7. The Balaban J connectivity index is 2.25. The number of ether oxygens (including phenoxy) is 9. The van der Waals surface area contributed by atoms with Gasteiger partial charge in [0.15, 0.2) is 43.1 Å². The minimum absolute atomic E-state index is 0.286. The Morgan fingerprint density at radius 1 is 0.305 bits per heavy atom. The van der Waals surface area contributed by atoms with Crippen LogP contribution in [0.2, 0.25) is 0 Å². The van der Waals surface area contributed by atoms with E-state index in [-0.39, 0.29) is 13.0 Å². The van der Waals surface area contributed by atoms with Crippen LogP contribution in [-0.2, 0) is 66.6 Å². The first kappa shape index (κ1) is 75.2. The third-order valence-electron chi connectivity index (χ3n) is 16.1. The number of carbonyl (C=O) groups is 5. The lowest BCUT2D eigenvalue weighted by Gasteiger charge is -2.49. The van der Waals surface area contributed by atoms with Crippen LogP contribution in [0.25, 0.3) is 0 Å². The van der Waals surface area contributed by atoms with Crippen molar-refractivity contribution in [1.29, 1.82) is 0 Å². The molecule has 0 radical (unpaired) electrons. The fraction of sp³-hybridized carbons (Fsp3) is 0.924. The van der Waals surface area contributed by atoms with Crippen LogP contribution in [0.4, 0.5) is 0 Å². The molecule has 2 heterocycles. The molecule has 0 N–H and O–H groups in total. The van der Waals surface area contributed by atoms with Gasteiger partial charge in [-0.25, -0.2) is 0 Å². The van der Waals surface area contributed by atoms with Gasteiger partial charge in [-0.1, -0.05) is 208 Å². The molecule has 82 heavy (non-hydrogen) atoms. The van der Waals surface area contributed by atoms with Crippen molar-refractivity contribution in [1.82, 2.24) is 9.80 Å². The van der Waals surface area contributed by atoms with E-state index in [1.807, 2.05) is 6.92 Å². The van der Waals surface area contributed by atoms with Crippen molar-refractivity contribution in [2.24, 2.45) is 0 Å². The monoisotopic (exact) mass is 1170 g/mol. The Bertz CT molecular complexity index is 1610. The van der Waals surface area contributed by atoms with E-state index in [2.05, 4.69) is 30.6 Å². The van der Waals surface area contributed by atoms with E-state index < -0.39 is 91.3 Å². The minimum atomic E-state index is -1.44. The Labute approximate surface area is 499 Å². The van der Waals surface area contributed by atoms with Gasteiger partial charge in [-0.2, -0.15) is 0 Å². The molecule has 2 saturated heterocycles. The number of nitrogens with zero attached hydrogens (tertiary/aromatic N) is 2. The van der Waals surface area contributed by atoms with E-state index in [0.29, 0.717) is 12.8 Å². The van der Waals surface area contributed by atoms with E-state index in [1.165, 1.54) is 234 Å². The standard InChI is InChI=1S/C66H122N2O14/c1-11-16-19-22-25-28-31-34-37-40-45-67(46-41-38-35-32-29-26-23-20-17-12-2)48-43-49-68(47-42-39-36-33-30-27-24-21-18-13-3)50-44-51-74-65-63(78-55(9)72)62(77-54(8)71)60(58(15-5)80-65)82-66-64(79-56(10)73)61(76-53(7)70)59(75-52(6)69)57(14-4)81-66/h57-66H,11-51H2,1-10H3. The van der Waals surface area contributed by atoms with Gasteiger partial charge in [0.1, 0.15) is 12.2 Å². The van der Waals surface area contributed by atoms with Gasteiger partial charge < -0.3 is 52.4 Å². The molecule has 2 rings (SSSR count). The second-order valence-corrected chi connectivity index (χ2v) is 23.7. The highest BCUT2D eigenvalue weighted by atomic mass is 16.8. The summed E-state index contributed by atoms with van der Waals surface area (Å²) in [5.74, 6) is -3.43. The predicted molar refractivity (Wildman–Crippen MR) is 324 cm³/mol. The second kappa shape index (κ2) is 48.3. The maximum absolute atomic E-state index is 12.9. The zero-order valence-corrected chi connectivity index (χ0v) is 53.9. The molecule has 0 spiro atoms. The van der Waals surface area contributed by atoms with Crippen LogP contribution >= 0.6 is 0 Å². The molecule has 0 aromatic carbocycles. The first-order valence-electron chi connectivity index (χ1n) is 33.6. The Kier molecular flexibility index (Phi) is 44.3. The molecule has 10 atom stereocenters. The first-order chi connectivity index (χ1) is 39.7. The van der Waals surface area contributed by atoms with Gasteiger partial charge in [0.05, 0.1) is 12.7 Å². The summed E-state index contributed by atoms with van der Waals surface area (Å²) in [7, 11) is 0. The SMILES string of the molecule is CCCCCCCCCCCCN(CCCCCCCCCCCC)CCCN(CCCCCCCCCCCC)CCCOC1OC(CC)C(OC2OC(CC)C(OC(C)=O)C(OC(C)=O)C2OC(C)=O)C(OC(C)=O)C1OC(C)=O. The van der Waals surface area contributed by atoms with Gasteiger partial charge in [0.2, 0.25) is 0 Å². The zero-order chi connectivity index (χ0) is 60.2. The molecular formula is C66H122N2O14. The largest absolute Gasteiger partial charge is 0.456 e. The molecule has 2 aliphatic heterocycles. The normalized spacial score (nSPS) is 22.8. The molecule has 480 valence electrons. The zero-order valence-electron chi connectivity index (χ0n) is 53.9. The van der Waals surface area contributed by atoms with Crippen LogP contribution in [0.3, 0.4) is 0 Å². The average molecular weight is 1170 g/mol. The van der Waals surface area contributed by atoms with Crippen molar-refractivity contribution < 1.29 is 66.6 Å². The summed E-state index contributed by atoms with van der Waals surface area (Å²) in [6.45, 7) is 23.2. The van der Waals surface area contributed by atoms with Gasteiger partial charge in [-0.05, 0) is 77.7 Å². The fourth-order valence-corrected chi connectivity index (χ4v) is 11.7. The quantitative estimate of drug-likeness (QED) is 0.0319. The average Bonchev–Trinajstić information content (AvgIpc) is 3.57. The number of esters is 5. The van der Waals surface area contributed by atoms with Crippen LogP contribution in [0.5, 0.6) is 0 Å². The summed E-state index contributed by atoms with van der Waals surface area (Å²) in [5, 5.41) is 0. The summed E-state index contributed by atoms with van der Waals surface area (Å²) in [4.78, 5) is 68.6. The lowest BCUT2D eigenvalue weighted by Crippen LogP contribution is -2.66. The lowest BCUT2D eigenvalue weighted by molar-refractivity contribution is -0.357. The molecule has 2 aliphatic rings. The molecule has 0 bridgehead atoms. The topological polar surface area (TPSA) is 175 Å². The highest BCUT2D eigenvalue weighted by Crippen LogP contribution is 2.37. The first-order valence-corrected chi connectivity index (χ1v) is 33.6. The van der Waals surface area contributed by atoms with Crippen molar-refractivity contribution in [3.63, 3.8) is 0 Å². The Morgan fingerprint density at radius 3 is 0.927 bits per heavy atom. The van der Waals surface area contributed by atoms with Crippen molar-refractivity contribution in [3.8, 4) is 0 Å². The van der Waals surface area contributed by atoms with E-state index in [1.54, 1.807) is 6.92 Å². The molecule has 0 aromatic heterocycles. The van der Waals surface area contributed by atoms with Gasteiger partial charge in [0, 0.05) is 41.2 Å². The molecule has 10 unspecified atom stereocenters. The maximum atomic E-state index is 12.9. The number of hydrogen-bond donors (Lipinski definition) is 0. The van der Waals surface area contributed by atoms with Gasteiger partial charge in [-0.15, -0.1) is 0 Å². The second-order valence-electron chi connectivity index (χ2n) is 23.7. The van der Waals surface area contributed by atoms with E-state index >= 15 is 0 Å². The summed E-state index contributed by atoms with van der Waals surface area (Å²) in [6.07, 6.45) is 30.4. The van der Waals surface area contributed by atoms with Gasteiger partial charge in [-0.3, -0.25) is 24.0 Å². The van der Waals surface area contributed by atoms with Crippen LogP contribution in [-0.4, -0.2) is 147 Å². The van der Waals surface area contributed by atoms with E-state index in [4.69, 9.17) is 42.6 Å². The molecular weight excluding hydrogens is 1040 g/mol. The molecule has 0 amide bonds. The van der Waals surface area contributed by atoms with Crippen LogP contribution in [0, 0.1) is 0 Å². The molecule has 2 fully saturated rings. The molecule has 0 aromatic rings. The van der Waals surface area contributed by atoms with Gasteiger partial charge >= 0.3 is 29.8 Å². The maximum Gasteiger partial charge on any atom is 0.303 e. The van der Waals surface area contributed by atoms with Crippen molar-refractivity contribution in [3.05, 3.63) is 0 Å².